The second-order valence-corrected chi connectivity index (χ2v) is 5.38. The number of nitrogens with zero attached hydrogens (tertiary/aromatic N) is 1. The van der Waals surface area contributed by atoms with Gasteiger partial charge in [-0.25, -0.2) is 0 Å². The van der Waals surface area contributed by atoms with Crippen molar-refractivity contribution in [1.29, 1.82) is 0 Å². The lowest BCUT2D eigenvalue weighted by Crippen LogP contribution is -2.53. The zero-order valence-corrected chi connectivity index (χ0v) is 10.3. The zero-order chi connectivity index (χ0) is 12.5. The number of hydrogen-bond donors (Lipinski definition) is 1. The Labute approximate surface area is 101 Å². The van der Waals surface area contributed by atoms with Crippen molar-refractivity contribution in [2.75, 3.05) is 6.54 Å². The zero-order valence-electron chi connectivity index (χ0n) is 10.3. The van der Waals surface area contributed by atoms with Crippen LogP contribution in [0.5, 0.6) is 0 Å². The van der Waals surface area contributed by atoms with Crippen molar-refractivity contribution in [2.45, 2.75) is 39.3 Å². The van der Waals surface area contributed by atoms with Crippen LogP contribution in [-0.2, 0) is 11.3 Å². The molecule has 2 heterocycles. The van der Waals surface area contributed by atoms with Crippen molar-refractivity contribution in [3.8, 4) is 0 Å². The van der Waals surface area contributed by atoms with Gasteiger partial charge in [0.25, 0.3) is 0 Å². The van der Waals surface area contributed by atoms with Crippen LogP contribution in [0.3, 0.4) is 0 Å². The molecule has 2 rings (SSSR count). The molecule has 4 heteroatoms. The topological polar surface area (TPSA) is 53.7 Å². The van der Waals surface area contributed by atoms with Crippen LogP contribution in [0.2, 0.25) is 0 Å². The minimum absolute atomic E-state index is 0.184. The lowest BCUT2D eigenvalue weighted by molar-refractivity contribution is -0.151. The number of carboxylic acid groups (broad SMARTS) is 1. The summed E-state index contributed by atoms with van der Waals surface area (Å²) in [7, 11) is 0. The fourth-order valence-corrected chi connectivity index (χ4v) is 2.76. The Bertz CT molecular complexity index is 383. The van der Waals surface area contributed by atoms with E-state index in [1.807, 2.05) is 30.9 Å². The second kappa shape index (κ2) is 4.53. The number of rotatable bonds is 3. The molecule has 0 amide bonds. The molecule has 1 aliphatic rings. The molecule has 0 radical (unpaired) electrons. The van der Waals surface area contributed by atoms with Crippen molar-refractivity contribution in [3.63, 3.8) is 0 Å². The van der Waals surface area contributed by atoms with E-state index in [1.54, 1.807) is 6.26 Å². The maximum absolute atomic E-state index is 11.4. The fraction of sp³-hybridized carbons (Fsp3) is 0.615. The van der Waals surface area contributed by atoms with Crippen LogP contribution in [0.15, 0.2) is 22.8 Å². The molecule has 1 atom stereocenters. The Morgan fingerprint density at radius 1 is 1.65 bits per heavy atom. The Kier molecular flexibility index (Phi) is 3.24. The molecule has 0 aliphatic carbocycles. The highest BCUT2D eigenvalue weighted by molar-refractivity contribution is 5.74. The van der Waals surface area contributed by atoms with Gasteiger partial charge in [0.2, 0.25) is 0 Å². The molecule has 1 aromatic rings. The van der Waals surface area contributed by atoms with E-state index in [0.29, 0.717) is 6.54 Å². The van der Waals surface area contributed by atoms with Crippen LogP contribution >= 0.6 is 0 Å². The third kappa shape index (κ3) is 2.52. The molecule has 1 N–H and O–H groups in total. The number of aliphatic carboxylic acids is 1. The minimum atomic E-state index is -0.735. The number of likely N-dealkylation sites (tertiary alicyclic amines) is 1. The minimum Gasteiger partial charge on any atom is -0.480 e. The summed E-state index contributed by atoms with van der Waals surface area (Å²) in [5.41, 5.74) is -0.184. The van der Waals surface area contributed by atoms with Gasteiger partial charge in [0.1, 0.15) is 11.8 Å². The van der Waals surface area contributed by atoms with E-state index < -0.39 is 12.0 Å². The van der Waals surface area contributed by atoms with Gasteiger partial charge >= 0.3 is 5.97 Å². The van der Waals surface area contributed by atoms with Gasteiger partial charge in [0, 0.05) is 0 Å². The molecule has 1 saturated heterocycles. The Balaban J connectivity index is 2.16. The van der Waals surface area contributed by atoms with Crippen LogP contribution in [0.4, 0.5) is 0 Å². The lowest BCUT2D eigenvalue weighted by atomic mass is 9.76. The summed E-state index contributed by atoms with van der Waals surface area (Å²) in [5, 5.41) is 9.40. The van der Waals surface area contributed by atoms with Crippen molar-refractivity contribution < 1.29 is 14.3 Å². The standard InChI is InChI=1S/C13H19NO3/c1-13(2)6-4-7-14(11(13)12(15)16)9-10-5-3-8-17-10/h3,5,8,11H,4,6-7,9H2,1-2H3,(H,15,16). The summed E-state index contributed by atoms with van der Waals surface area (Å²) in [6.45, 7) is 5.45. The van der Waals surface area contributed by atoms with E-state index in [-0.39, 0.29) is 5.41 Å². The smallest absolute Gasteiger partial charge is 0.321 e. The summed E-state index contributed by atoms with van der Waals surface area (Å²) in [5.74, 6) is 0.0928. The molecule has 0 aromatic carbocycles. The van der Waals surface area contributed by atoms with E-state index >= 15 is 0 Å². The summed E-state index contributed by atoms with van der Waals surface area (Å²) < 4.78 is 5.30. The first kappa shape index (κ1) is 12.2. The molecular weight excluding hydrogens is 218 g/mol. The first-order valence-electron chi connectivity index (χ1n) is 6.00. The number of furan rings is 1. The quantitative estimate of drug-likeness (QED) is 0.876. The normalized spacial score (nSPS) is 24.7. The molecule has 1 aromatic heterocycles. The molecule has 4 nitrogen and oxygen atoms in total. The third-order valence-electron chi connectivity index (χ3n) is 3.54. The maximum Gasteiger partial charge on any atom is 0.321 e. The van der Waals surface area contributed by atoms with Crippen molar-refractivity contribution >= 4 is 5.97 Å². The van der Waals surface area contributed by atoms with Gasteiger partial charge in [0.05, 0.1) is 12.8 Å². The van der Waals surface area contributed by atoms with Gasteiger partial charge in [-0.1, -0.05) is 13.8 Å². The second-order valence-electron chi connectivity index (χ2n) is 5.38. The van der Waals surface area contributed by atoms with E-state index in [4.69, 9.17) is 4.42 Å². The predicted molar refractivity (Wildman–Crippen MR) is 63.6 cm³/mol. The van der Waals surface area contributed by atoms with Gasteiger partial charge in [-0.3, -0.25) is 9.69 Å². The Morgan fingerprint density at radius 2 is 2.41 bits per heavy atom. The van der Waals surface area contributed by atoms with E-state index in [1.165, 1.54) is 0 Å². The molecule has 1 aliphatic heterocycles. The van der Waals surface area contributed by atoms with Gasteiger partial charge in [0.15, 0.2) is 0 Å². The highest BCUT2D eigenvalue weighted by atomic mass is 16.4. The van der Waals surface area contributed by atoms with Crippen molar-refractivity contribution in [1.82, 2.24) is 4.90 Å². The first-order valence-corrected chi connectivity index (χ1v) is 6.00. The average molecular weight is 237 g/mol. The fourth-order valence-electron chi connectivity index (χ4n) is 2.76. The molecule has 0 saturated carbocycles. The molecule has 0 bridgehead atoms. The Hall–Kier alpha value is -1.29. The van der Waals surface area contributed by atoms with Crippen LogP contribution in [0.25, 0.3) is 0 Å². The number of hydrogen-bond acceptors (Lipinski definition) is 3. The summed E-state index contributed by atoms with van der Waals surface area (Å²) in [6, 6.07) is 3.29. The summed E-state index contributed by atoms with van der Waals surface area (Å²) >= 11 is 0. The Morgan fingerprint density at radius 3 is 3.00 bits per heavy atom. The largest absolute Gasteiger partial charge is 0.480 e. The van der Waals surface area contributed by atoms with E-state index in [9.17, 15) is 9.90 Å². The van der Waals surface area contributed by atoms with Crippen molar-refractivity contribution in [2.24, 2.45) is 5.41 Å². The summed E-state index contributed by atoms with van der Waals surface area (Å²) in [4.78, 5) is 13.4. The van der Waals surface area contributed by atoms with Crippen LogP contribution in [-0.4, -0.2) is 28.6 Å². The number of carboxylic acids is 1. The van der Waals surface area contributed by atoms with Crippen LogP contribution < -0.4 is 0 Å². The maximum atomic E-state index is 11.4. The van der Waals surface area contributed by atoms with E-state index in [0.717, 1.165) is 25.1 Å². The van der Waals surface area contributed by atoms with Gasteiger partial charge < -0.3 is 9.52 Å². The molecule has 17 heavy (non-hydrogen) atoms. The van der Waals surface area contributed by atoms with Gasteiger partial charge in [-0.05, 0) is 36.9 Å². The average Bonchev–Trinajstić information content (AvgIpc) is 2.68. The summed E-state index contributed by atoms with van der Waals surface area (Å²) in [6.07, 6.45) is 3.62. The van der Waals surface area contributed by atoms with Crippen molar-refractivity contribution in [3.05, 3.63) is 24.2 Å². The monoisotopic (exact) mass is 237 g/mol. The number of carbonyl (C=O) groups is 1. The highest BCUT2D eigenvalue weighted by Crippen LogP contribution is 2.36. The number of piperidine rings is 1. The highest BCUT2D eigenvalue weighted by Gasteiger charge is 2.42. The van der Waals surface area contributed by atoms with Gasteiger partial charge in [-0.2, -0.15) is 0 Å². The first-order chi connectivity index (χ1) is 8.00. The lowest BCUT2D eigenvalue weighted by Gasteiger charge is -2.43. The third-order valence-corrected chi connectivity index (χ3v) is 3.54. The van der Waals surface area contributed by atoms with Crippen LogP contribution in [0.1, 0.15) is 32.4 Å². The molecule has 0 spiro atoms. The molecule has 94 valence electrons. The molecule has 1 fully saturated rings. The van der Waals surface area contributed by atoms with Gasteiger partial charge in [-0.15, -0.1) is 0 Å². The van der Waals surface area contributed by atoms with E-state index in [2.05, 4.69) is 0 Å². The predicted octanol–water partition coefficient (Wildman–Crippen LogP) is 2.35. The molecular formula is C13H19NO3. The molecule has 1 unspecified atom stereocenters. The van der Waals surface area contributed by atoms with Crippen LogP contribution in [0, 0.1) is 5.41 Å². The SMILES string of the molecule is CC1(C)CCCN(Cc2ccco2)C1C(=O)O.